The van der Waals surface area contributed by atoms with Crippen molar-refractivity contribution in [2.75, 3.05) is 19.8 Å². The van der Waals surface area contributed by atoms with Crippen molar-refractivity contribution in [3.8, 4) is 5.75 Å². The summed E-state index contributed by atoms with van der Waals surface area (Å²) in [5, 5.41) is 2.87. The molecule has 1 heterocycles. The molecular formula is C15H22BrClN2O3. The summed E-state index contributed by atoms with van der Waals surface area (Å²) in [4.78, 5) is 12.2. The molecule has 0 aromatic heterocycles. The van der Waals surface area contributed by atoms with E-state index in [0.29, 0.717) is 32.6 Å². The fourth-order valence-electron chi connectivity index (χ4n) is 2.16. The normalized spacial score (nSPS) is 18.0. The van der Waals surface area contributed by atoms with Crippen LogP contribution >= 0.6 is 28.3 Å². The maximum Gasteiger partial charge on any atom is 0.240 e. The first-order valence-corrected chi connectivity index (χ1v) is 7.86. The second-order valence-electron chi connectivity index (χ2n) is 5.36. The number of nitrogens with two attached hydrogens (primary N) is 1. The molecule has 0 spiro atoms. The van der Waals surface area contributed by atoms with Crippen molar-refractivity contribution in [1.82, 2.24) is 5.32 Å². The molecule has 2 rings (SSSR count). The number of carbonyl (C=O) groups excluding carboxylic acids is 1. The van der Waals surface area contributed by atoms with Crippen LogP contribution in [0.2, 0.25) is 0 Å². The number of hydrogen-bond acceptors (Lipinski definition) is 4. The van der Waals surface area contributed by atoms with Gasteiger partial charge in [-0.05, 0) is 44.0 Å². The molecule has 1 atom stereocenters. The number of hydrogen-bond donors (Lipinski definition) is 2. The average Bonchev–Trinajstić information content (AvgIpc) is 2.48. The van der Waals surface area contributed by atoms with E-state index in [-0.39, 0.29) is 24.4 Å². The Morgan fingerprint density at radius 2 is 2.00 bits per heavy atom. The van der Waals surface area contributed by atoms with Crippen molar-refractivity contribution in [3.63, 3.8) is 0 Å². The van der Waals surface area contributed by atoms with Crippen LogP contribution in [0.4, 0.5) is 0 Å². The van der Waals surface area contributed by atoms with Gasteiger partial charge in [0, 0.05) is 17.7 Å². The molecule has 22 heavy (non-hydrogen) atoms. The standard InChI is InChI=1S/C15H21BrN2O3.ClH/c1-11(21-13-4-2-12(16)3-5-13)10-18-14(19)15(17)6-8-20-9-7-15;/h2-5,11H,6-10,17H2,1H3,(H,18,19);1H. The number of carbonyl (C=O) groups is 1. The first-order valence-electron chi connectivity index (χ1n) is 7.07. The first kappa shape index (κ1) is 19.2. The van der Waals surface area contributed by atoms with Gasteiger partial charge in [-0.15, -0.1) is 12.4 Å². The highest BCUT2D eigenvalue weighted by Gasteiger charge is 2.35. The van der Waals surface area contributed by atoms with Gasteiger partial charge in [0.25, 0.3) is 0 Å². The maximum absolute atomic E-state index is 12.2. The van der Waals surface area contributed by atoms with Gasteiger partial charge in [-0.25, -0.2) is 0 Å². The van der Waals surface area contributed by atoms with Crippen LogP contribution in [0, 0.1) is 0 Å². The number of halogens is 2. The summed E-state index contributed by atoms with van der Waals surface area (Å²) in [6.07, 6.45) is 0.986. The fraction of sp³-hybridized carbons (Fsp3) is 0.533. The van der Waals surface area contributed by atoms with Crippen LogP contribution in [0.3, 0.4) is 0 Å². The molecule has 1 saturated heterocycles. The molecule has 1 aliphatic heterocycles. The molecule has 0 aliphatic carbocycles. The van der Waals surface area contributed by atoms with Gasteiger partial charge >= 0.3 is 0 Å². The van der Waals surface area contributed by atoms with Gasteiger partial charge < -0.3 is 20.5 Å². The molecule has 1 unspecified atom stereocenters. The van der Waals surface area contributed by atoms with Gasteiger partial charge in [0.1, 0.15) is 11.9 Å². The summed E-state index contributed by atoms with van der Waals surface area (Å²) >= 11 is 3.37. The first-order chi connectivity index (χ1) is 9.99. The highest BCUT2D eigenvalue weighted by molar-refractivity contribution is 9.10. The SMILES string of the molecule is CC(CNC(=O)C1(N)CCOCC1)Oc1ccc(Br)cc1.Cl. The minimum Gasteiger partial charge on any atom is -0.489 e. The lowest BCUT2D eigenvalue weighted by Gasteiger charge is -2.32. The Hall–Kier alpha value is -0.820. The van der Waals surface area contributed by atoms with Crippen LogP contribution in [0.25, 0.3) is 0 Å². The molecule has 1 aromatic carbocycles. The molecule has 124 valence electrons. The van der Waals surface area contributed by atoms with E-state index in [4.69, 9.17) is 15.2 Å². The topological polar surface area (TPSA) is 73.6 Å². The average molecular weight is 394 g/mol. The number of ether oxygens (including phenoxy) is 2. The van der Waals surface area contributed by atoms with E-state index < -0.39 is 5.54 Å². The Kier molecular flexibility index (Phi) is 7.62. The molecule has 0 bridgehead atoms. The van der Waals surface area contributed by atoms with Crippen molar-refractivity contribution < 1.29 is 14.3 Å². The Morgan fingerprint density at radius 3 is 2.59 bits per heavy atom. The predicted octanol–water partition coefficient (Wildman–Crippen LogP) is 2.26. The van der Waals surface area contributed by atoms with E-state index in [1.165, 1.54) is 0 Å². The van der Waals surface area contributed by atoms with Crippen molar-refractivity contribution in [1.29, 1.82) is 0 Å². The van der Waals surface area contributed by atoms with Gasteiger partial charge in [0.15, 0.2) is 0 Å². The molecule has 1 fully saturated rings. The van der Waals surface area contributed by atoms with Gasteiger partial charge in [0.05, 0.1) is 12.1 Å². The molecule has 7 heteroatoms. The van der Waals surface area contributed by atoms with E-state index >= 15 is 0 Å². The summed E-state index contributed by atoms with van der Waals surface area (Å²) in [6, 6.07) is 7.59. The van der Waals surface area contributed by atoms with E-state index in [1.54, 1.807) is 0 Å². The summed E-state index contributed by atoms with van der Waals surface area (Å²) in [5.74, 6) is 0.644. The van der Waals surface area contributed by atoms with E-state index in [0.717, 1.165) is 10.2 Å². The summed E-state index contributed by atoms with van der Waals surface area (Å²) in [5.41, 5.74) is 5.31. The minimum absolute atomic E-state index is 0. The molecule has 0 radical (unpaired) electrons. The largest absolute Gasteiger partial charge is 0.489 e. The highest BCUT2D eigenvalue weighted by atomic mass is 79.9. The second kappa shape index (κ2) is 8.72. The van der Waals surface area contributed by atoms with Gasteiger partial charge in [-0.2, -0.15) is 0 Å². The van der Waals surface area contributed by atoms with E-state index in [2.05, 4.69) is 21.2 Å². The third-order valence-electron chi connectivity index (χ3n) is 3.54. The van der Waals surface area contributed by atoms with Gasteiger partial charge in [-0.3, -0.25) is 4.79 Å². The molecule has 5 nitrogen and oxygen atoms in total. The summed E-state index contributed by atoms with van der Waals surface area (Å²) in [7, 11) is 0. The smallest absolute Gasteiger partial charge is 0.240 e. The Labute approximate surface area is 145 Å². The Morgan fingerprint density at radius 1 is 1.41 bits per heavy atom. The number of amides is 1. The zero-order valence-electron chi connectivity index (χ0n) is 12.5. The van der Waals surface area contributed by atoms with E-state index in [1.807, 2.05) is 31.2 Å². The maximum atomic E-state index is 12.2. The van der Waals surface area contributed by atoms with Crippen LogP contribution in [0.1, 0.15) is 19.8 Å². The minimum atomic E-state index is -0.810. The van der Waals surface area contributed by atoms with Crippen LogP contribution in [-0.4, -0.2) is 37.3 Å². The second-order valence-corrected chi connectivity index (χ2v) is 6.28. The molecule has 1 aromatic rings. The number of benzene rings is 1. The molecule has 3 N–H and O–H groups in total. The third-order valence-corrected chi connectivity index (χ3v) is 4.07. The monoisotopic (exact) mass is 392 g/mol. The fourth-order valence-corrected chi connectivity index (χ4v) is 2.43. The van der Waals surface area contributed by atoms with Crippen LogP contribution in [-0.2, 0) is 9.53 Å². The van der Waals surface area contributed by atoms with Crippen molar-refractivity contribution in [2.45, 2.75) is 31.4 Å². The molecule has 1 amide bonds. The van der Waals surface area contributed by atoms with Crippen LogP contribution in [0.5, 0.6) is 5.75 Å². The quantitative estimate of drug-likeness (QED) is 0.805. The highest BCUT2D eigenvalue weighted by Crippen LogP contribution is 2.19. The van der Waals surface area contributed by atoms with Crippen LogP contribution < -0.4 is 15.8 Å². The number of nitrogens with one attached hydrogen (secondary N) is 1. The zero-order valence-corrected chi connectivity index (χ0v) is 14.9. The lowest BCUT2D eigenvalue weighted by atomic mass is 9.90. The molecule has 0 saturated carbocycles. The third kappa shape index (κ3) is 5.43. The van der Waals surface area contributed by atoms with Gasteiger partial charge in [0.2, 0.25) is 5.91 Å². The predicted molar refractivity (Wildman–Crippen MR) is 91.5 cm³/mol. The molecular weight excluding hydrogens is 372 g/mol. The Bertz CT molecular complexity index is 478. The number of rotatable bonds is 5. The van der Waals surface area contributed by atoms with Gasteiger partial charge in [-0.1, -0.05) is 15.9 Å². The summed E-state index contributed by atoms with van der Waals surface area (Å²) < 4.78 is 12.0. The van der Waals surface area contributed by atoms with Crippen molar-refractivity contribution in [3.05, 3.63) is 28.7 Å². The Balaban J connectivity index is 0.00000242. The lowest BCUT2D eigenvalue weighted by molar-refractivity contribution is -0.130. The van der Waals surface area contributed by atoms with Crippen LogP contribution in [0.15, 0.2) is 28.7 Å². The van der Waals surface area contributed by atoms with Crippen molar-refractivity contribution >= 4 is 34.2 Å². The van der Waals surface area contributed by atoms with E-state index in [9.17, 15) is 4.79 Å². The lowest BCUT2D eigenvalue weighted by Crippen LogP contribution is -2.57. The van der Waals surface area contributed by atoms with Crippen molar-refractivity contribution in [2.24, 2.45) is 5.73 Å². The summed E-state index contributed by atoms with van der Waals surface area (Å²) in [6.45, 7) is 3.41. The molecule has 1 aliphatic rings. The zero-order chi connectivity index (χ0) is 15.3.